The molecule has 0 radical (unpaired) electrons. The first kappa shape index (κ1) is 9.18. The van der Waals surface area contributed by atoms with Crippen LogP contribution in [0.25, 0.3) is 5.52 Å². The standard InChI is InChI=1S/C10H13N3O/c1-7-2-3-8-10(9(14)4-11)12-6-13(8)5-7/h2-3,5-6,9,14H,4,11H2,1H3. The molecule has 1 atom stereocenters. The molecule has 0 aromatic carbocycles. The van der Waals surface area contributed by atoms with Crippen LogP contribution in [0.4, 0.5) is 0 Å². The predicted octanol–water partition coefficient (Wildman–Crippen LogP) is 0.635. The van der Waals surface area contributed by atoms with Gasteiger partial charge in [0.25, 0.3) is 0 Å². The normalized spacial score (nSPS) is 13.4. The first-order valence-electron chi connectivity index (χ1n) is 4.53. The van der Waals surface area contributed by atoms with Crippen LogP contribution in [0.15, 0.2) is 24.7 Å². The fourth-order valence-corrected chi connectivity index (χ4v) is 1.50. The molecule has 0 saturated heterocycles. The zero-order valence-corrected chi connectivity index (χ0v) is 8.01. The molecule has 74 valence electrons. The highest BCUT2D eigenvalue weighted by Crippen LogP contribution is 2.17. The van der Waals surface area contributed by atoms with Gasteiger partial charge in [-0.2, -0.15) is 0 Å². The number of nitrogens with two attached hydrogens (primary N) is 1. The number of aromatic nitrogens is 2. The summed E-state index contributed by atoms with van der Waals surface area (Å²) in [7, 11) is 0. The first-order chi connectivity index (χ1) is 6.72. The molecule has 1 unspecified atom stereocenters. The number of nitrogens with zero attached hydrogens (tertiary/aromatic N) is 2. The summed E-state index contributed by atoms with van der Waals surface area (Å²) in [4.78, 5) is 4.14. The van der Waals surface area contributed by atoms with Crippen LogP contribution < -0.4 is 5.73 Å². The Labute approximate surface area is 82.0 Å². The van der Waals surface area contributed by atoms with Crippen molar-refractivity contribution < 1.29 is 5.11 Å². The highest BCUT2D eigenvalue weighted by molar-refractivity contribution is 5.53. The smallest absolute Gasteiger partial charge is 0.110 e. The van der Waals surface area contributed by atoms with Gasteiger partial charge in [0.05, 0.1) is 17.5 Å². The van der Waals surface area contributed by atoms with Gasteiger partial charge < -0.3 is 15.2 Å². The van der Waals surface area contributed by atoms with Crippen LogP contribution in [-0.4, -0.2) is 21.0 Å². The Morgan fingerprint density at radius 1 is 1.57 bits per heavy atom. The van der Waals surface area contributed by atoms with E-state index in [-0.39, 0.29) is 6.54 Å². The van der Waals surface area contributed by atoms with Gasteiger partial charge in [-0.1, -0.05) is 6.07 Å². The van der Waals surface area contributed by atoms with Crippen molar-refractivity contribution in [2.75, 3.05) is 6.54 Å². The number of rotatable bonds is 2. The summed E-state index contributed by atoms with van der Waals surface area (Å²) in [5, 5.41) is 9.58. The third kappa shape index (κ3) is 1.38. The Morgan fingerprint density at radius 3 is 3.07 bits per heavy atom. The van der Waals surface area contributed by atoms with Gasteiger partial charge in [0, 0.05) is 12.7 Å². The maximum absolute atomic E-state index is 9.58. The van der Waals surface area contributed by atoms with Crippen molar-refractivity contribution >= 4 is 5.52 Å². The minimum atomic E-state index is -0.678. The molecule has 0 aliphatic carbocycles. The zero-order chi connectivity index (χ0) is 10.1. The molecule has 2 aromatic rings. The summed E-state index contributed by atoms with van der Waals surface area (Å²) in [6, 6.07) is 3.93. The Balaban J connectivity index is 2.58. The van der Waals surface area contributed by atoms with Crippen LogP contribution in [0.5, 0.6) is 0 Å². The van der Waals surface area contributed by atoms with Crippen LogP contribution in [-0.2, 0) is 0 Å². The van der Waals surface area contributed by atoms with E-state index in [1.807, 2.05) is 29.7 Å². The van der Waals surface area contributed by atoms with Crippen molar-refractivity contribution in [3.63, 3.8) is 0 Å². The molecule has 0 aliphatic heterocycles. The van der Waals surface area contributed by atoms with Gasteiger partial charge in [0.15, 0.2) is 0 Å². The van der Waals surface area contributed by atoms with Gasteiger partial charge in [-0.15, -0.1) is 0 Å². The van der Waals surface area contributed by atoms with Crippen LogP contribution in [0.2, 0.25) is 0 Å². The molecule has 2 aromatic heterocycles. The van der Waals surface area contributed by atoms with Gasteiger partial charge in [-0.25, -0.2) is 4.98 Å². The monoisotopic (exact) mass is 191 g/mol. The van der Waals surface area contributed by atoms with E-state index in [0.717, 1.165) is 11.1 Å². The molecule has 0 fully saturated rings. The van der Waals surface area contributed by atoms with Crippen molar-refractivity contribution in [3.8, 4) is 0 Å². The molecule has 4 heteroatoms. The molecule has 2 rings (SSSR count). The average Bonchev–Trinajstić information content (AvgIpc) is 2.59. The molecule has 0 aliphatic rings. The molecular weight excluding hydrogens is 178 g/mol. The Hall–Kier alpha value is -1.39. The molecule has 14 heavy (non-hydrogen) atoms. The Bertz CT molecular complexity index is 450. The van der Waals surface area contributed by atoms with E-state index in [0.29, 0.717) is 5.69 Å². The number of aliphatic hydroxyl groups is 1. The fourth-order valence-electron chi connectivity index (χ4n) is 1.50. The van der Waals surface area contributed by atoms with E-state index in [9.17, 15) is 5.11 Å². The number of fused-ring (bicyclic) bond motifs is 1. The maximum Gasteiger partial charge on any atom is 0.110 e. The predicted molar refractivity (Wildman–Crippen MR) is 53.9 cm³/mol. The van der Waals surface area contributed by atoms with Crippen molar-refractivity contribution in [2.24, 2.45) is 5.73 Å². The number of hydrogen-bond donors (Lipinski definition) is 2. The lowest BCUT2D eigenvalue weighted by atomic mass is 10.2. The molecule has 0 saturated carbocycles. The van der Waals surface area contributed by atoms with Crippen LogP contribution in [0, 0.1) is 6.92 Å². The van der Waals surface area contributed by atoms with Crippen LogP contribution in [0.3, 0.4) is 0 Å². The van der Waals surface area contributed by atoms with E-state index in [4.69, 9.17) is 5.73 Å². The summed E-state index contributed by atoms with van der Waals surface area (Å²) in [6.45, 7) is 2.21. The van der Waals surface area contributed by atoms with Crippen LogP contribution >= 0.6 is 0 Å². The number of aliphatic hydroxyl groups excluding tert-OH is 1. The molecular formula is C10H13N3O. The Morgan fingerprint density at radius 2 is 2.36 bits per heavy atom. The average molecular weight is 191 g/mol. The third-order valence-corrected chi connectivity index (χ3v) is 2.25. The van der Waals surface area contributed by atoms with Gasteiger partial charge in [-0.05, 0) is 18.6 Å². The summed E-state index contributed by atoms with van der Waals surface area (Å²) in [5.41, 5.74) is 8.10. The second-order valence-electron chi connectivity index (χ2n) is 3.38. The highest BCUT2D eigenvalue weighted by atomic mass is 16.3. The fraction of sp³-hybridized carbons (Fsp3) is 0.300. The van der Waals surface area contributed by atoms with Gasteiger partial charge in [0.2, 0.25) is 0 Å². The minimum Gasteiger partial charge on any atom is -0.385 e. The van der Waals surface area contributed by atoms with Crippen molar-refractivity contribution in [1.82, 2.24) is 9.38 Å². The van der Waals surface area contributed by atoms with E-state index >= 15 is 0 Å². The van der Waals surface area contributed by atoms with E-state index < -0.39 is 6.10 Å². The van der Waals surface area contributed by atoms with Gasteiger partial charge >= 0.3 is 0 Å². The number of hydrogen-bond acceptors (Lipinski definition) is 3. The summed E-state index contributed by atoms with van der Waals surface area (Å²) in [6.07, 6.45) is 2.98. The third-order valence-electron chi connectivity index (χ3n) is 2.25. The topological polar surface area (TPSA) is 63.5 Å². The summed E-state index contributed by atoms with van der Waals surface area (Å²) in [5.74, 6) is 0. The largest absolute Gasteiger partial charge is 0.385 e. The van der Waals surface area contributed by atoms with Gasteiger partial charge in [0.1, 0.15) is 6.10 Å². The number of imidazole rings is 1. The van der Waals surface area contributed by atoms with Gasteiger partial charge in [-0.3, -0.25) is 0 Å². The number of pyridine rings is 1. The minimum absolute atomic E-state index is 0.195. The quantitative estimate of drug-likeness (QED) is 0.732. The first-order valence-corrected chi connectivity index (χ1v) is 4.53. The van der Waals surface area contributed by atoms with Crippen molar-refractivity contribution in [2.45, 2.75) is 13.0 Å². The van der Waals surface area contributed by atoms with Crippen molar-refractivity contribution in [3.05, 3.63) is 35.9 Å². The molecule has 4 nitrogen and oxygen atoms in total. The molecule has 0 spiro atoms. The lowest BCUT2D eigenvalue weighted by Gasteiger charge is -2.04. The zero-order valence-electron chi connectivity index (χ0n) is 8.01. The lowest BCUT2D eigenvalue weighted by Crippen LogP contribution is -2.12. The summed E-state index contributed by atoms with van der Waals surface area (Å²) < 4.78 is 1.89. The van der Waals surface area contributed by atoms with Crippen LogP contribution in [0.1, 0.15) is 17.4 Å². The van der Waals surface area contributed by atoms with Crippen molar-refractivity contribution in [1.29, 1.82) is 0 Å². The van der Waals surface area contributed by atoms with E-state index in [1.54, 1.807) is 6.33 Å². The molecule has 0 bridgehead atoms. The highest BCUT2D eigenvalue weighted by Gasteiger charge is 2.11. The molecule has 0 amide bonds. The maximum atomic E-state index is 9.58. The SMILES string of the molecule is Cc1ccc2c(C(O)CN)ncn2c1. The second kappa shape index (κ2) is 3.40. The summed E-state index contributed by atoms with van der Waals surface area (Å²) >= 11 is 0. The number of aryl methyl sites for hydroxylation is 1. The van der Waals surface area contributed by atoms with E-state index in [1.165, 1.54) is 0 Å². The molecule has 2 heterocycles. The second-order valence-corrected chi connectivity index (χ2v) is 3.38. The lowest BCUT2D eigenvalue weighted by molar-refractivity contribution is 0.184. The molecule has 3 N–H and O–H groups in total. The Kier molecular flexibility index (Phi) is 2.23. The van der Waals surface area contributed by atoms with E-state index in [2.05, 4.69) is 4.98 Å².